The molecule has 3 heterocycles. The average Bonchev–Trinajstić information content (AvgIpc) is 2.92. The second kappa shape index (κ2) is 6.41. The number of pyridine rings is 1. The van der Waals surface area contributed by atoms with E-state index >= 15 is 0 Å². The fourth-order valence-corrected chi connectivity index (χ4v) is 3.72. The Kier molecular flexibility index (Phi) is 4.62. The highest BCUT2D eigenvalue weighted by atomic mass is 79.9. The van der Waals surface area contributed by atoms with Gasteiger partial charge < -0.3 is 10.3 Å². The number of aromatic nitrogens is 5. The first-order valence-electron chi connectivity index (χ1n) is 7.42. The van der Waals surface area contributed by atoms with Gasteiger partial charge in [-0.25, -0.2) is 18.4 Å². The summed E-state index contributed by atoms with van der Waals surface area (Å²) < 4.78 is 65.0. The van der Waals surface area contributed by atoms with E-state index in [0.717, 1.165) is 6.07 Å². The van der Waals surface area contributed by atoms with E-state index in [4.69, 9.17) is 5.73 Å². The number of hydrogen-bond acceptors (Lipinski definition) is 7. The van der Waals surface area contributed by atoms with Crippen LogP contribution in [0.2, 0.25) is 0 Å². The summed E-state index contributed by atoms with van der Waals surface area (Å²) >= 11 is 3.13. The quantitative estimate of drug-likeness (QED) is 0.591. The minimum absolute atomic E-state index is 0.0198. The van der Waals surface area contributed by atoms with E-state index in [-0.39, 0.29) is 43.6 Å². The van der Waals surface area contributed by atoms with Gasteiger partial charge in [-0.15, -0.1) is 10.2 Å². The van der Waals surface area contributed by atoms with E-state index < -0.39 is 21.7 Å². The summed E-state index contributed by atoms with van der Waals surface area (Å²) in [6, 6.07) is 1.98. The molecular formula is C14H12BrF3N6O2S. The zero-order chi connectivity index (χ0) is 20.1. The second-order valence-corrected chi connectivity index (χ2v) is 8.55. The Hall–Kier alpha value is -2.28. The van der Waals surface area contributed by atoms with Gasteiger partial charge in [0, 0.05) is 13.1 Å². The Labute approximate surface area is 159 Å². The molecule has 8 nitrogen and oxygen atoms in total. The smallest absolute Gasteiger partial charge is 0.397 e. The third kappa shape index (κ3) is 3.36. The first-order chi connectivity index (χ1) is 12.5. The van der Waals surface area contributed by atoms with Crippen molar-refractivity contribution in [2.45, 2.75) is 18.0 Å². The van der Waals surface area contributed by atoms with E-state index in [0.29, 0.717) is 0 Å². The number of hydrogen-bond donors (Lipinski definition) is 1. The van der Waals surface area contributed by atoms with Crippen molar-refractivity contribution in [3.05, 3.63) is 22.4 Å². The van der Waals surface area contributed by atoms with Gasteiger partial charge >= 0.3 is 6.18 Å². The number of nitrogens with two attached hydrogens (primary N) is 1. The van der Waals surface area contributed by atoms with Crippen molar-refractivity contribution < 1.29 is 21.6 Å². The van der Waals surface area contributed by atoms with Crippen LogP contribution in [0, 0.1) is 0 Å². The molecule has 0 spiro atoms. The highest BCUT2D eigenvalue weighted by molar-refractivity contribution is 9.10. The number of sulfone groups is 1. The van der Waals surface area contributed by atoms with Gasteiger partial charge in [0.15, 0.2) is 27.0 Å². The van der Waals surface area contributed by atoms with Crippen LogP contribution in [0.3, 0.4) is 0 Å². The van der Waals surface area contributed by atoms with Crippen molar-refractivity contribution in [2.75, 3.05) is 11.5 Å². The molecule has 13 heteroatoms. The topological polar surface area (TPSA) is 117 Å². The molecular weight excluding hydrogens is 453 g/mol. The molecule has 0 bridgehead atoms. The van der Waals surface area contributed by atoms with Gasteiger partial charge in [-0.3, -0.25) is 0 Å². The van der Waals surface area contributed by atoms with Crippen molar-refractivity contribution in [1.29, 1.82) is 0 Å². The largest absolute Gasteiger partial charge is 0.435 e. The van der Waals surface area contributed by atoms with Crippen molar-refractivity contribution >= 4 is 42.6 Å². The molecule has 0 saturated heterocycles. The van der Waals surface area contributed by atoms with E-state index in [1.165, 1.54) is 24.6 Å². The summed E-state index contributed by atoms with van der Waals surface area (Å²) in [6.07, 6.45) is -4.68. The van der Waals surface area contributed by atoms with Crippen LogP contribution < -0.4 is 5.73 Å². The molecule has 2 N–H and O–H groups in total. The fraction of sp³-hybridized carbons (Fsp3) is 0.286. The van der Waals surface area contributed by atoms with Crippen molar-refractivity contribution in [3.63, 3.8) is 0 Å². The van der Waals surface area contributed by atoms with E-state index in [1.807, 2.05) is 0 Å². The Balaban J connectivity index is 2.33. The Morgan fingerprint density at radius 3 is 2.48 bits per heavy atom. The maximum atomic E-state index is 12.9. The Morgan fingerprint density at radius 2 is 1.89 bits per heavy atom. The lowest BCUT2D eigenvalue weighted by molar-refractivity contribution is -0.141. The summed E-state index contributed by atoms with van der Waals surface area (Å²) in [5.41, 5.74) is 4.56. The molecule has 0 radical (unpaired) electrons. The summed E-state index contributed by atoms with van der Waals surface area (Å²) in [5.74, 6) is -0.198. The van der Waals surface area contributed by atoms with E-state index in [9.17, 15) is 21.6 Å². The predicted molar refractivity (Wildman–Crippen MR) is 94.4 cm³/mol. The molecule has 0 atom stereocenters. The minimum Gasteiger partial charge on any atom is -0.397 e. The third-order valence-corrected chi connectivity index (χ3v) is 6.18. The fourth-order valence-electron chi connectivity index (χ4n) is 2.38. The van der Waals surface area contributed by atoms with Crippen LogP contribution in [0.15, 0.2) is 21.6 Å². The normalized spacial score (nSPS) is 12.7. The number of imidazole rings is 1. The zero-order valence-corrected chi connectivity index (χ0v) is 16.3. The van der Waals surface area contributed by atoms with Gasteiger partial charge in [-0.1, -0.05) is 6.92 Å². The minimum atomic E-state index is -4.68. The molecule has 144 valence electrons. The number of rotatable bonds is 3. The molecule has 3 rings (SSSR count). The number of fused-ring (bicyclic) bond motifs is 1. The molecule has 0 fully saturated rings. The number of anilines is 1. The van der Waals surface area contributed by atoms with Gasteiger partial charge in [0.05, 0.1) is 16.3 Å². The lowest BCUT2D eigenvalue weighted by atomic mass is 10.3. The lowest BCUT2D eigenvalue weighted by Crippen LogP contribution is -2.10. The monoisotopic (exact) mass is 464 g/mol. The predicted octanol–water partition coefficient (Wildman–Crippen LogP) is 2.58. The number of aryl methyl sites for hydroxylation is 1. The maximum Gasteiger partial charge on any atom is 0.435 e. The lowest BCUT2D eigenvalue weighted by Gasteiger charge is -2.10. The molecule has 0 aromatic carbocycles. The van der Waals surface area contributed by atoms with Crippen molar-refractivity contribution in [1.82, 2.24) is 24.7 Å². The van der Waals surface area contributed by atoms with Crippen LogP contribution >= 0.6 is 15.9 Å². The molecule has 0 aliphatic rings. The summed E-state index contributed by atoms with van der Waals surface area (Å²) in [5, 5.41) is 6.72. The number of alkyl halides is 3. The molecule has 0 amide bonds. The SMILES string of the molecule is CCS(=O)(=O)c1cc(N)c(Br)nc1-c1nc2cc(C(F)(F)F)nnc2n1C. The van der Waals surface area contributed by atoms with Crippen LogP contribution in [0.25, 0.3) is 22.7 Å². The maximum absolute atomic E-state index is 12.9. The van der Waals surface area contributed by atoms with Crippen molar-refractivity contribution in [2.24, 2.45) is 7.05 Å². The first-order valence-corrected chi connectivity index (χ1v) is 9.86. The molecule has 27 heavy (non-hydrogen) atoms. The Bertz CT molecular complexity index is 1160. The van der Waals surface area contributed by atoms with Crippen LogP contribution in [0.5, 0.6) is 0 Å². The molecule has 0 unspecified atom stereocenters. The van der Waals surface area contributed by atoms with E-state index in [2.05, 4.69) is 36.1 Å². The average molecular weight is 465 g/mol. The van der Waals surface area contributed by atoms with Crippen LogP contribution in [0.1, 0.15) is 12.6 Å². The van der Waals surface area contributed by atoms with E-state index in [1.54, 1.807) is 0 Å². The van der Waals surface area contributed by atoms with Gasteiger partial charge in [-0.2, -0.15) is 13.2 Å². The van der Waals surface area contributed by atoms with Gasteiger partial charge in [0.2, 0.25) is 0 Å². The molecule has 0 aliphatic heterocycles. The first kappa shape index (κ1) is 19.5. The number of halogens is 4. The number of nitrogens with zero attached hydrogens (tertiary/aromatic N) is 5. The summed E-state index contributed by atoms with van der Waals surface area (Å²) in [4.78, 5) is 8.08. The van der Waals surface area contributed by atoms with Gasteiger partial charge in [0.25, 0.3) is 0 Å². The van der Waals surface area contributed by atoms with Crippen LogP contribution in [-0.4, -0.2) is 38.9 Å². The molecule has 0 saturated carbocycles. The Morgan fingerprint density at radius 1 is 1.22 bits per heavy atom. The highest BCUT2D eigenvalue weighted by Gasteiger charge is 2.34. The zero-order valence-electron chi connectivity index (χ0n) is 13.9. The van der Waals surface area contributed by atoms with Crippen LogP contribution in [-0.2, 0) is 23.1 Å². The number of nitrogen functional groups attached to an aromatic ring is 1. The van der Waals surface area contributed by atoms with Crippen molar-refractivity contribution in [3.8, 4) is 11.5 Å². The highest BCUT2D eigenvalue weighted by Crippen LogP contribution is 2.33. The summed E-state index contributed by atoms with van der Waals surface area (Å²) in [6.45, 7) is 1.45. The van der Waals surface area contributed by atoms with Gasteiger partial charge in [0.1, 0.15) is 15.8 Å². The molecule has 0 aliphatic carbocycles. The second-order valence-electron chi connectivity index (χ2n) is 5.55. The third-order valence-electron chi connectivity index (χ3n) is 3.80. The molecule has 3 aromatic heterocycles. The standard InChI is InChI=1S/C14H12BrF3N6O2S/c1-3-27(25,26)8-4-6(19)11(15)21-10(8)13-20-7-5-9(14(16,17)18)22-23-12(7)24(13)2/h4-5H,3,19H2,1-2H3. The van der Waals surface area contributed by atoms with Gasteiger partial charge in [-0.05, 0) is 22.0 Å². The molecule has 3 aromatic rings. The summed E-state index contributed by atoms with van der Waals surface area (Å²) in [7, 11) is -2.26. The van der Waals surface area contributed by atoms with Crippen LogP contribution in [0.4, 0.5) is 18.9 Å².